The highest BCUT2D eigenvalue weighted by Crippen LogP contribution is 2.31. The number of aromatic nitrogens is 5. The summed E-state index contributed by atoms with van der Waals surface area (Å²) in [5, 5.41) is 10.6. The molecule has 0 atom stereocenters. The number of amides is 1. The summed E-state index contributed by atoms with van der Waals surface area (Å²) >= 11 is 6.78. The van der Waals surface area contributed by atoms with Crippen molar-refractivity contribution in [3.63, 3.8) is 0 Å². The molecule has 3 heterocycles. The third kappa shape index (κ3) is 4.92. The van der Waals surface area contributed by atoms with E-state index in [1.54, 1.807) is 6.20 Å². The highest BCUT2D eigenvalue weighted by molar-refractivity contribution is 7.71. The van der Waals surface area contributed by atoms with Crippen molar-refractivity contribution in [3.8, 4) is 27.7 Å². The molecule has 1 aromatic carbocycles. The van der Waals surface area contributed by atoms with Crippen molar-refractivity contribution in [2.75, 3.05) is 11.9 Å². The number of hydrogen-bond acceptors (Lipinski definition) is 7. The second-order valence-electron chi connectivity index (χ2n) is 6.91. The third-order valence-corrected chi connectivity index (χ3v) is 6.09. The number of carbonyl (C=O) groups excluding carboxylic acids is 1. The molecule has 164 valence electrons. The molecule has 4 rings (SSSR count). The number of aromatic amines is 1. The fourth-order valence-corrected chi connectivity index (χ4v) is 4.37. The molecule has 32 heavy (non-hydrogen) atoms. The van der Waals surface area contributed by atoms with Gasteiger partial charge in [-0.1, -0.05) is 17.4 Å². The van der Waals surface area contributed by atoms with Crippen LogP contribution in [0.25, 0.3) is 22.0 Å². The lowest BCUT2D eigenvalue weighted by Gasteiger charge is -2.08. The topological polar surface area (TPSA) is 97.7 Å². The molecule has 0 radical (unpaired) electrons. The van der Waals surface area contributed by atoms with Crippen molar-refractivity contribution in [2.45, 2.75) is 26.8 Å². The van der Waals surface area contributed by atoms with E-state index in [-0.39, 0.29) is 12.3 Å². The van der Waals surface area contributed by atoms with Crippen LogP contribution in [0.15, 0.2) is 48.7 Å². The normalized spacial score (nSPS) is 10.8. The van der Waals surface area contributed by atoms with Crippen LogP contribution in [0.3, 0.4) is 0 Å². The molecule has 8 nitrogen and oxygen atoms in total. The molecule has 0 bridgehead atoms. The van der Waals surface area contributed by atoms with Crippen molar-refractivity contribution in [3.05, 3.63) is 59.1 Å². The van der Waals surface area contributed by atoms with Crippen LogP contribution in [0, 0.1) is 11.7 Å². The maximum absolute atomic E-state index is 12.6. The van der Waals surface area contributed by atoms with Gasteiger partial charge in [-0.05, 0) is 62.5 Å². The predicted octanol–water partition coefficient (Wildman–Crippen LogP) is 4.86. The first-order valence-electron chi connectivity index (χ1n) is 10.1. The summed E-state index contributed by atoms with van der Waals surface area (Å²) in [6, 6.07) is 13.3. The second-order valence-corrected chi connectivity index (χ2v) is 8.29. The van der Waals surface area contributed by atoms with E-state index in [4.69, 9.17) is 17.0 Å². The molecule has 10 heteroatoms. The van der Waals surface area contributed by atoms with E-state index in [0.717, 1.165) is 27.6 Å². The average molecular weight is 467 g/mol. The number of ether oxygens (including phenoxy) is 1. The highest BCUT2D eigenvalue weighted by Gasteiger charge is 2.14. The minimum atomic E-state index is -0.146. The molecule has 1 amide bonds. The number of thiazole rings is 1. The van der Waals surface area contributed by atoms with Crippen molar-refractivity contribution < 1.29 is 9.53 Å². The van der Waals surface area contributed by atoms with E-state index < -0.39 is 0 Å². The third-order valence-electron chi connectivity index (χ3n) is 4.68. The Hall–Kier alpha value is -3.37. The number of H-pyrrole nitrogens is 1. The zero-order valence-corrected chi connectivity index (χ0v) is 19.3. The van der Waals surface area contributed by atoms with Crippen molar-refractivity contribution in [1.29, 1.82) is 0 Å². The number of nitrogens with one attached hydrogen (secondary N) is 2. The predicted molar refractivity (Wildman–Crippen MR) is 127 cm³/mol. The Morgan fingerprint density at radius 2 is 2.06 bits per heavy atom. The van der Waals surface area contributed by atoms with Crippen molar-refractivity contribution in [1.82, 2.24) is 24.7 Å². The van der Waals surface area contributed by atoms with Gasteiger partial charge in [0.25, 0.3) is 0 Å². The first-order chi connectivity index (χ1) is 15.5. The smallest absolute Gasteiger partial charge is 0.227 e. The molecule has 0 aliphatic heterocycles. The van der Waals surface area contributed by atoms with Crippen LogP contribution in [0.2, 0.25) is 0 Å². The lowest BCUT2D eigenvalue weighted by molar-refractivity contribution is -0.116. The van der Waals surface area contributed by atoms with Gasteiger partial charge in [-0.3, -0.25) is 19.4 Å². The van der Waals surface area contributed by atoms with Gasteiger partial charge in [-0.25, -0.2) is 4.98 Å². The number of carbonyl (C=O) groups is 1. The van der Waals surface area contributed by atoms with Gasteiger partial charge in [0, 0.05) is 24.7 Å². The minimum Gasteiger partial charge on any atom is -0.494 e. The van der Waals surface area contributed by atoms with Gasteiger partial charge in [0.2, 0.25) is 5.91 Å². The quantitative estimate of drug-likeness (QED) is 0.360. The first-order valence-corrected chi connectivity index (χ1v) is 11.3. The van der Waals surface area contributed by atoms with Gasteiger partial charge in [-0.2, -0.15) is 5.10 Å². The minimum absolute atomic E-state index is 0.146. The number of hydrogen-bond donors (Lipinski definition) is 2. The van der Waals surface area contributed by atoms with Crippen molar-refractivity contribution >= 4 is 34.6 Å². The number of nitrogens with zero attached hydrogens (tertiary/aromatic N) is 4. The maximum Gasteiger partial charge on any atom is 0.227 e. The van der Waals surface area contributed by atoms with Crippen molar-refractivity contribution in [2.24, 2.45) is 0 Å². The zero-order chi connectivity index (χ0) is 22.5. The fraction of sp³-hybridized carbons (Fsp3) is 0.227. The molecule has 2 N–H and O–H groups in total. The van der Waals surface area contributed by atoms with E-state index in [9.17, 15) is 4.79 Å². The maximum atomic E-state index is 12.6. The number of pyridine rings is 1. The second kappa shape index (κ2) is 9.84. The largest absolute Gasteiger partial charge is 0.494 e. The Morgan fingerprint density at radius 3 is 2.78 bits per heavy atom. The molecule has 0 unspecified atom stereocenters. The average Bonchev–Trinajstić information content (AvgIpc) is 3.35. The molecule has 3 aromatic heterocycles. The zero-order valence-electron chi connectivity index (χ0n) is 17.7. The van der Waals surface area contributed by atoms with E-state index in [1.165, 1.54) is 11.3 Å². The Balaban J connectivity index is 1.43. The number of anilines is 1. The van der Waals surface area contributed by atoms with Crippen LogP contribution in [0.5, 0.6) is 5.75 Å². The summed E-state index contributed by atoms with van der Waals surface area (Å²) in [5.41, 5.74) is 2.56. The summed E-state index contributed by atoms with van der Waals surface area (Å²) in [4.78, 5) is 22.4. The molecular weight excluding hydrogens is 444 g/mol. The lowest BCUT2D eigenvalue weighted by Crippen LogP contribution is -2.15. The summed E-state index contributed by atoms with van der Waals surface area (Å²) in [5.74, 6) is 1.32. The summed E-state index contributed by atoms with van der Waals surface area (Å²) < 4.78 is 7.77. The number of aryl methyl sites for hydroxylation is 1. The first kappa shape index (κ1) is 21.8. The lowest BCUT2D eigenvalue weighted by atomic mass is 10.2. The summed E-state index contributed by atoms with van der Waals surface area (Å²) in [7, 11) is 0. The monoisotopic (exact) mass is 466 g/mol. The molecule has 0 aliphatic carbocycles. The van der Waals surface area contributed by atoms with Crippen LogP contribution >= 0.6 is 23.6 Å². The van der Waals surface area contributed by atoms with Gasteiger partial charge in [0.1, 0.15) is 5.75 Å². The highest BCUT2D eigenvalue weighted by atomic mass is 32.1. The molecule has 0 aliphatic rings. The standard InChI is InChI=1S/C22H22N6O2S2/c1-3-30-16-9-7-15(8-10-16)20-26-27-22(31)28(20)13-11-18(29)25-21-24-14(2)19(32-21)17-6-4-5-12-23-17/h4-10,12H,3,11,13H2,1-2H3,(H,27,31)(H,24,25,29). The van der Waals surface area contributed by atoms with Gasteiger partial charge in [0.15, 0.2) is 15.7 Å². The van der Waals surface area contributed by atoms with Gasteiger partial charge in [-0.15, -0.1) is 0 Å². The molecule has 4 aromatic rings. The van der Waals surface area contributed by atoms with Gasteiger partial charge in [0.05, 0.1) is 22.9 Å². The fourth-order valence-electron chi connectivity index (χ4n) is 3.19. The molecule has 0 spiro atoms. The molecule has 0 saturated carbocycles. The number of rotatable bonds is 8. The molecule has 0 saturated heterocycles. The summed E-state index contributed by atoms with van der Waals surface area (Å²) in [6.07, 6.45) is 1.97. The molecule has 0 fully saturated rings. The Morgan fingerprint density at radius 1 is 1.25 bits per heavy atom. The van der Waals surface area contributed by atoms with E-state index in [2.05, 4.69) is 25.5 Å². The molecular formula is C22H22N6O2S2. The van der Waals surface area contributed by atoms with E-state index in [1.807, 2.05) is 60.9 Å². The Bertz CT molecular complexity index is 1260. The van der Waals surface area contributed by atoms with Crippen LogP contribution in [-0.2, 0) is 11.3 Å². The summed E-state index contributed by atoms with van der Waals surface area (Å²) in [6.45, 7) is 4.84. The number of benzene rings is 1. The van der Waals surface area contributed by atoms with Gasteiger partial charge >= 0.3 is 0 Å². The van der Waals surface area contributed by atoms with Crippen LogP contribution in [-0.4, -0.2) is 37.2 Å². The van der Waals surface area contributed by atoms with Gasteiger partial charge < -0.3 is 10.1 Å². The van der Waals surface area contributed by atoms with E-state index >= 15 is 0 Å². The van der Waals surface area contributed by atoms with Crippen LogP contribution in [0.4, 0.5) is 5.13 Å². The van der Waals surface area contributed by atoms with E-state index in [0.29, 0.717) is 28.9 Å². The SMILES string of the molecule is CCOc1ccc(-c2n[nH]c(=S)n2CCC(=O)Nc2nc(C)c(-c3ccccn3)s2)cc1. The van der Waals surface area contributed by atoms with Crippen LogP contribution in [0.1, 0.15) is 19.0 Å². The Labute approximate surface area is 194 Å². The van der Waals surface area contributed by atoms with Crippen LogP contribution < -0.4 is 10.1 Å². The Kier molecular flexibility index (Phi) is 6.72.